The lowest BCUT2D eigenvalue weighted by Gasteiger charge is -2.10. The molecule has 0 bridgehead atoms. The van der Waals surface area contributed by atoms with Gasteiger partial charge in [-0.2, -0.15) is 5.10 Å². The number of anilines is 1. The number of rotatable bonds is 7. The zero-order valence-electron chi connectivity index (χ0n) is 18.2. The molecule has 4 rings (SSSR count). The first-order chi connectivity index (χ1) is 15.6. The monoisotopic (exact) mass is 428 g/mol. The highest BCUT2D eigenvalue weighted by atomic mass is 16.5. The number of aromatic nitrogens is 3. The van der Waals surface area contributed by atoms with E-state index in [4.69, 9.17) is 9.47 Å². The maximum atomic E-state index is 12.6. The van der Waals surface area contributed by atoms with E-state index in [2.05, 4.69) is 20.5 Å². The highest BCUT2D eigenvalue weighted by molar-refractivity contribution is 5.93. The van der Waals surface area contributed by atoms with Gasteiger partial charge >= 0.3 is 0 Å². The van der Waals surface area contributed by atoms with E-state index in [0.29, 0.717) is 28.8 Å². The molecule has 0 aliphatic carbocycles. The number of aromatic amines is 1. The van der Waals surface area contributed by atoms with Crippen molar-refractivity contribution in [3.05, 3.63) is 77.9 Å². The fraction of sp³-hybridized carbons (Fsp3) is 0.160. The summed E-state index contributed by atoms with van der Waals surface area (Å²) in [5.41, 5.74) is 4.46. The van der Waals surface area contributed by atoms with Crippen molar-refractivity contribution >= 4 is 11.6 Å². The van der Waals surface area contributed by atoms with Crippen LogP contribution in [0.2, 0.25) is 0 Å². The van der Waals surface area contributed by atoms with Crippen molar-refractivity contribution in [3.8, 4) is 34.3 Å². The van der Waals surface area contributed by atoms with Gasteiger partial charge in [-0.15, -0.1) is 0 Å². The van der Waals surface area contributed by atoms with Crippen LogP contribution in [-0.4, -0.2) is 35.3 Å². The molecule has 0 saturated heterocycles. The summed E-state index contributed by atoms with van der Waals surface area (Å²) in [4.78, 5) is 17.2. The molecule has 0 aliphatic heterocycles. The molecule has 0 atom stereocenters. The SMILES string of the molecule is COc1ccc(CC(=O)Nc2cccc(-c3n[nH]c(-c4ccc(C)cc4)n3)c2)cc1OC. The number of hydrogen-bond acceptors (Lipinski definition) is 5. The molecule has 0 fully saturated rings. The summed E-state index contributed by atoms with van der Waals surface area (Å²) in [6.07, 6.45) is 0.211. The predicted octanol–water partition coefficient (Wildman–Crippen LogP) is 4.65. The van der Waals surface area contributed by atoms with Crippen LogP contribution in [0.5, 0.6) is 11.5 Å². The summed E-state index contributed by atoms with van der Waals surface area (Å²) < 4.78 is 10.5. The van der Waals surface area contributed by atoms with Gasteiger partial charge in [0.15, 0.2) is 23.1 Å². The third-order valence-corrected chi connectivity index (χ3v) is 5.03. The Morgan fingerprint density at radius 1 is 0.938 bits per heavy atom. The molecule has 0 aliphatic rings. The Bertz CT molecular complexity index is 1230. The molecule has 1 amide bonds. The highest BCUT2D eigenvalue weighted by Gasteiger charge is 2.11. The maximum Gasteiger partial charge on any atom is 0.228 e. The average molecular weight is 428 g/mol. The van der Waals surface area contributed by atoms with Crippen LogP contribution in [0.1, 0.15) is 11.1 Å². The Kier molecular flexibility index (Phi) is 6.17. The zero-order valence-corrected chi connectivity index (χ0v) is 18.2. The van der Waals surface area contributed by atoms with Crippen molar-refractivity contribution < 1.29 is 14.3 Å². The third kappa shape index (κ3) is 4.78. The minimum Gasteiger partial charge on any atom is -0.493 e. The Morgan fingerprint density at radius 3 is 2.47 bits per heavy atom. The van der Waals surface area contributed by atoms with E-state index in [-0.39, 0.29) is 12.3 Å². The number of carbonyl (C=O) groups excluding carboxylic acids is 1. The van der Waals surface area contributed by atoms with Gasteiger partial charge < -0.3 is 14.8 Å². The quantitative estimate of drug-likeness (QED) is 0.447. The van der Waals surface area contributed by atoms with Crippen molar-refractivity contribution in [2.24, 2.45) is 0 Å². The summed E-state index contributed by atoms with van der Waals surface area (Å²) in [5, 5.41) is 10.3. The molecule has 0 unspecified atom stereocenters. The van der Waals surface area contributed by atoms with Crippen molar-refractivity contribution in [2.75, 3.05) is 19.5 Å². The Balaban J connectivity index is 1.46. The second kappa shape index (κ2) is 9.34. The molecule has 7 heteroatoms. The second-order valence-corrected chi connectivity index (χ2v) is 7.37. The van der Waals surface area contributed by atoms with Gasteiger partial charge in [-0.3, -0.25) is 9.89 Å². The Hall–Kier alpha value is -4.13. The van der Waals surface area contributed by atoms with Crippen molar-refractivity contribution in [1.82, 2.24) is 15.2 Å². The number of aryl methyl sites for hydroxylation is 1. The van der Waals surface area contributed by atoms with Crippen LogP contribution in [0.4, 0.5) is 5.69 Å². The van der Waals surface area contributed by atoms with E-state index in [0.717, 1.165) is 16.7 Å². The number of nitrogens with zero attached hydrogens (tertiary/aromatic N) is 2. The smallest absolute Gasteiger partial charge is 0.228 e. The molecule has 3 aromatic carbocycles. The minimum absolute atomic E-state index is 0.135. The molecule has 7 nitrogen and oxygen atoms in total. The molecular formula is C25H24N4O3. The van der Waals surface area contributed by atoms with Gasteiger partial charge in [0.05, 0.1) is 20.6 Å². The molecule has 0 spiro atoms. The molecular weight excluding hydrogens is 404 g/mol. The lowest BCUT2D eigenvalue weighted by Crippen LogP contribution is -2.14. The van der Waals surface area contributed by atoms with E-state index in [1.54, 1.807) is 26.4 Å². The van der Waals surface area contributed by atoms with Crippen LogP contribution in [0.15, 0.2) is 66.7 Å². The van der Waals surface area contributed by atoms with Gasteiger partial charge in [0, 0.05) is 16.8 Å². The summed E-state index contributed by atoms with van der Waals surface area (Å²) in [7, 11) is 3.15. The summed E-state index contributed by atoms with van der Waals surface area (Å²) in [5.74, 6) is 2.35. The van der Waals surface area contributed by atoms with E-state index in [1.165, 1.54) is 5.56 Å². The Morgan fingerprint density at radius 2 is 1.72 bits per heavy atom. The maximum absolute atomic E-state index is 12.6. The normalized spacial score (nSPS) is 10.6. The van der Waals surface area contributed by atoms with Gasteiger partial charge in [0.2, 0.25) is 5.91 Å². The summed E-state index contributed by atoms with van der Waals surface area (Å²) >= 11 is 0. The second-order valence-electron chi connectivity index (χ2n) is 7.37. The molecule has 1 aromatic heterocycles. The first kappa shape index (κ1) is 21.1. The molecule has 2 N–H and O–H groups in total. The van der Waals surface area contributed by atoms with E-state index < -0.39 is 0 Å². The minimum atomic E-state index is -0.135. The number of H-pyrrole nitrogens is 1. The number of methoxy groups -OCH3 is 2. The average Bonchev–Trinajstić information content (AvgIpc) is 3.30. The molecule has 1 heterocycles. The molecule has 4 aromatic rings. The van der Waals surface area contributed by atoms with Crippen LogP contribution < -0.4 is 14.8 Å². The largest absolute Gasteiger partial charge is 0.493 e. The van der Waals surface area contributed by atoms with E-state index in [1.807, 2.05) is 61.5 Å². The number of benzene rings is 3. The summed E-state index contributed by atoms with van der Waals surface area (Å²) in [6, 6.07) is 21.0. The van der Waals surface area contributed by atoms with Gasteiger partial charge in [-0.25, -0.2) is 4.98 Å². The number of nitrogens with one attached hydrogen (secondary N) is 2. The fourth-order valence-corrected chi connectivity index (χ4v) is 3.35. The summed E-state index contributed by atoms with van der Waals surface area (Å²) in [6.45, 7) is 2.04. The van der Waals surface area contributed by atoms with Crippen LogP contribution in [-0.2, 0) is 11.2 Å². The first-order valence-electron chi connectivity index (χ1n) is 10.2. The third-order valence-electron chi connectivity index (χ3n) is 5.03. The van der Waals surface area contributed by atoms with E-state index >= 15 is 0 Å². The molecule has 162 valence electrons. The molecule has 32 heavy (non-hydrogen) atoms. The predicted molar refractivity (Wildman–Crippen MR) is 124 cm³/mol. The topological polar surface area (TPSA) is 89.1 Å². The molecule has 0 radical (unpaired) electrons. The van der Waals surface area contributed by atoms with Crippen LogP contribution in [0.25, 0.3) is 22.8 Å². The van der Waals surface area contributed by atoms with Crippen LogP contribution in [0.3, 0.4) is 0 Å². The highest BCUT2D eigenvalue weighted by Crippen LogP contribution is 2.28. The van der Waals surface area contributed by atoms with Gasteiger partial charge in [0.25, 0.3) is 0 Å². The Labute approximate surface area is 186 Å². The lowest BCUT2D eigenvalue weighted by atomic mass is 10.1. The number of amides is 1. The van der Waals surface area contributed by atoms with Crippen LogP contribution in [0, 0.1) is 6.92 Å². The fourth-order valence-electron chi connectivity index (χ4n) is 3.35. The van der Waals surface area contributed by atoms with Crippen molar-refractivity contribution in [2.45, 2.75) is 13.3 Å². The lowest BCUT2D eigenvalue weighted by molar-refractivity contribution is -0.115. The molecule has 0 saturated carbocycles. The van der Waals surface area contributed by atoms with Gasteiger partial charge in [0.1, 0.15) is 0 Å². The number of ether oxygens (including phenoxy) is 2. The van der Waals surface area contributed by atoms with E-state index in [9.17, 15) is 4.79 Å². The van der Waals surface area contributed by atoms with Crippen molar-refractivity contribution in [3.63, 3.8) is 0 Å². The number of carbonyl (C=O) groups is 1. The zero-order chi connectivity index (χ0) is 22.5. The standard InChI is InChI=1S/C25H24N4O3/c1-16-7-10-18(11-8-16)24-27-25(29-28-24)19-5-4-6-20(15-19)26-23(30)14-17-9-12-21(31-2)22(13-17)32-3/h4-13,15H,14H2,1-3H3,(H,26,30)(H,27,28,29). The van der Waals surface area contributed by atoms with Gasteiger partial charge in [-0.05, 0) is 36.8 Å². The van der Waals surface area contributed by atoms with Gasteiger partial charge in [-0.1, -0.05) is 48.0 Å². The van der Waals surface area contributed by atoms with Crippen molar-refractivity contribution in [1.29, 1.82) is 0 Å². The van der Waals surface area contributed by atoms with Crippen LogP contribution >= 0.6 is 0 Å². The number of hydrogen-bond donors (Lipinski definition) is 2. The first-order valence-corrected chi connectivity index (χ1v) is 10.2.